The number of benzene rings is 2. The molecule has 0 aromatic heterocycles. The number of phenolic OH excluding ortho intramolecular Hbond substituents is 2. The minimum absolute atomic E-state index is 0.112. The molecule has 0 saturated carbocycles. The number of hydrazine groups is 1. The Labute approximate surface area is 204 Å². The quantitative estimate of drug-likeness (QED) is 0.320. The summed E-state index contributed by atoms with van der Waals surface area (Å²) in [5.41, 5.74) is 12.8. The minimum Gasteiger partial charge on any atom is -0.507 e. The topological polar surface area (TPSA) is 135 Å². The van der Waals surface area contributed by atoms with E-state index in [9.17, 15) is 19.8 Å². The molecular weight excluding hydrogens is 446 g/mol. The summed E-state index contributed by atoms with van der Waals surface area (Å²) in [7, 11) is 0. The van der Waals surface area contributed by atoms with Crippen LogP contribution in [0.25, 0.3) is 0 Å². The lowest BCUT2D eigenvalue weighted by atomic mass is 9.83. The van der Waals surface area contributed by atoms with E-state index in [1.54, 1.807) is 31.2 Å². The van der Waals surface area contributed by atoms with Crippen LogP contribution in [0, 0.1) is 5.92 Å². The van der Waals surface area contributed by atoms with E-state index in [0.717, 1.165) is 22.6 Å². The number of phenols is 2. The van der Waals surface area contributed by atoms with Gasteiger partial charge in [-0.25, -0.2) is 5.43 Å². The summed E-state index contributed by atoms with van der Waals surface area (Å²) in [4.78, 5) is 29.5. The second-order valence-electron chi connectivity index (χ2n) is 8.21. The fourth-order valence-corrected chi connectivity index (χ4v) is 4.19. The van der Waals surface area contributed by atoms with Gasteiger partial charge in [0.25, 0.3) is 11.8 Å². The molecule has 0 aliphatic carbocycles. The van der Waals surface area contributed by atoms with E-state index in [2.05, 4.69) is 26.4 Å². The van der Waals surface area contributed by atoms with Crippen LogP contribution in [0.5, 0.6) is 11.5 Å². The first kappa shape index (κ1) is 25.2. The lowest BCUT2D eigenvalue weighted by Gasteiger charge is -2.27. The van der Waals surface area contributed by atoms with Crippen molar-refractivity contribution in [1.29, 1.82) is 0 Å². The van der Waals surface area contributed by atoms with E-state index in [1.165, 1.54) is 24.3 Å². The van der Waals surface area contributed by atoms with Gasteiger partial charge in [-0.1, -0.05) is 31.2 Å². The van der Waals surface area contributed by atoms with Crippen LogP contribution < -0.4 is 16.3 Å². The molecule has 2 aromatic carbocycles. The number of nitrogens with one attached hydrogen (secondary N) is 3. The lowest BCUT2D eigenvalue weighted by Crippen LogP contribution is -2.38. The van der Waals surface area contributed by atoms with Crippen molar-refractivity contribution in [2.75, 3.05) is 0 Å². The number of aliphatic imine (C=N–C) groups is 1. The van der Waals surface area contributed by atoms with Gasteiger partial charge in [-0.3, -0.25) is 20.0 Å². The first-order valence-corrected chi connectivity index (χ1v) is 11.1. The van der Waals surface area contributed by atoms with Gasteiger partial charge in [-0.15, -0.1) is 0 Å². The summed E-state index contributed by atoms with van der Waals surface area (Å²) < 4.78 is 0. The standard InChI is InChI=1S/C26H29N5O4/c1-14-23(17(4)28-30-25(34)19-10-6-8-12-21(19)32)15(2)27-16(3)24(14)18(5)29-31-26(35)20-11-7-9-13-22(20)33/h6-14,28,32-33H,1-5H3,(H,30,34)(H,31,35)/b23-17?,29-18-. The highest BCUT2D eigenvalue weighted by Crippen LogP contribution is 2.32. The SMILES string of the molecule is CC1=NC(C)=C(/C(C)=N\NC(=O)c2ccccc2O)C(C)C1=C(C)NNC(=O)c1ccccc1O. The van der Waals surface area contributed by atoms with Gasteiger partial charge in [-0.05, 0) is 52.0 Å². The molecule has 1 aliphatic heterocycles. The molecule has 9 heteroatoms. The first-order chi connectivity index (χ1) is 16.6. The summed E-state index contributed by atoms with van der Waals surface area (Å²) in [5.74, 6) is -1.38. The van der Waals surface area contributed by atoms with Gasteiger partial charge in [0.15, 0.2) is 0 Å². The maximum absolute atomic E-state index is 12.5. The molecule has 1 unspecified atom stereocenters. The van der Waals surface area contributed by atoms with Gasteiger partial charge < -0.3 is 15.6 Å². The number of aromatic hydroxyl groups is 2. The zero-order valence-corrected chi connectivity index (χ0v) is 20.3. The molecular formula is C26H29N5O4. The second kappa shape index (κ2) is 10.7. The Hall–Kier alpha value is -4.40. The molecule has 1 aliphatic rings. The number of amides is 2. The Morgan fingerprint density at radius 1 is 0.886 bits per heavy atom. The van der Waals surface area contributed by atoms with Crippen molar-refractivity contribution in [3.05, 3.63) is 82.2 Å². The summed E-state index contributed by atoms with van der Waals surface area (Å²) in [6.07, 6.45) is 0. The van der Waals surface area contributed by atoms with E-state index in [4.69, 9.17) is 0 Å². The van der Waals surface area contributed by atoms with Crippen molar-refractivity contribution < 1.29 is 19.8 Å². The summed E-state index contributed by atoms with van der Waals surface area (Å²) in [5, 5.41) is 24.0. The smallest absolute Gasteiger partial charge is 0.275 e. The average molecular weight is 476 g/mol. The van der Waals surface area contributed by atoms with E-state index < -0.39 is 11.8 Å². The van der Waals surface area contributed by atoms with Crippen LogP contribution in [0.2, 0.25) is 0 Å². The second-order valence-corrected chi connectivity index (χ2v) is 8.21. The summed E-state index contributed by atoms with van der Waals surface area (Å²) in [6, 6.07) is 12.5. The molecule has 2 aromatic rings. The molecule has 0 bridgehead atoms. The van der Waals surface area contributed by atoms with Crippen molar-refractivity contribution >= 4 is 23.2 Å². The lowest BCUT2D eigenvalue weighted by molar-refractivity contribution is 0.0932. The maximum Gasteiger partial charge on any atom is 0.275 e. The number of rotatable bonds is 6. The Morgan fingerprint density at radius 3 is 2.00 bits per heavy atom. The number of carbonyl (C=O) groups excluding carboxylic acids is 2. The fraction of sp³-hybridized carbons (Fsp3) is 0.231. The van der Waals surface area contributed by atoms with E-state index in [1.807, 2.05) is 27.7 Å². The molecule has 182 valence electrons. The predicted molar refractivity (Wildman–Crippen MR) is 135 cm³/mol. The maximum atomic E-state index is 12.5. The molecule has 1 atom stereocenters. The number of hydrazone groups is 1. The van der Waals surface area contributed by atoms with E-state index in [0.29, 0.717) is 11.4 Å². The minimum atomic E-state index is -0.524. The molecule has 0 fully saturated rings. The molecule has 3 rings (SSSR count). The highest BCUT2D eigenvalue weighted by atomic mass is 16.3. The van der Waals surface area contributed by atoms with Gasteiger partial charge >= 0.3 is 0 Å². The Kier molecular flexibility index (Phi) is 7.70. The molecule has 2 amide bonds. The first-order valence-electron chi connectivity index (χ1n) is 11.1. The molecule has 35 heavy (non-hydrogen) atoms. The highest BCUT2D eigenvalue weighted by molar-refractivity contribution is 6.08. The summed E-state index contributed by atoms with van der Waals surface area (Å²) in [6.45, 7) is 9.34. The Balaban J connectivity index is 1.79. The highest BCUT2D eigenvalue weighted by Gasteiger charge is 2.27. The van der Waals surface area contributed by atoms with E-state index in [-0.39, 0.29) is 28.5 Å². The Bertz CT molecular complexity index is 1290. The van der Waals surface area contributed by atoms with Crippen LogP contribution in [0.3, 0.4) is 0 Å². The van der Waals surface area contributed by atoms with Crippen molar-refractivity contribution in [2.45, 2.75) is 34.6 Å². The van der Waals surface area contributed by atoms with E-state index >= 15 is 0 Å². The molecule has 0 radical (unpaired) electrons. The molecule has 0 spiro atoms. The average Bonchev–Trinajstić information content (AvgIpc) is 2.81. The Morgan fingerprint density at radius 2 is 1.43 bits per heavy atom. The van der Waals surface area contributed by atoms with Gasteiger partial charge in [-0.2, -0.15) is 5.10 Å². The van der Waals surface area contributed by atoms with Crippen molar-refractivity contribution in [3.8, 4) is 11.5 Å². The van der Waals surface area contributed by atoms with Crippen molar-refractivity contribution in [1.82, 2.24) is 16.3 Å². The van der Waals surface area contributed by atoms with Gasteiger partial charge in [0, 0.05) is 34.2 Å². The molecule has 5 N–H and O–H groups in total. The largest absolute Gasteiger partial charge is 0.507 e. The predicted octanol–water partition coefficient (Wildman–Crippen LogP) is 3.80. The van der Waals surface area contributed by atoms with Crippen molar-refractivity contribution in [2.24, 2.45) is 16.0 Å². The third-order valence-corrected chi connectivity index (χ3v) is 5.76. The number of allylic oxidation sites excluding steroid dienone is 4. The van der Waals surface area contributed by atoms with Crippen LogP contribution in [-0.2, 0) is 0 Å². The van der Waals surface area contributed by atoms with Crippen LogP contribution in [0.1, 0.15) is 55.3 Å². The zero-order valence-electron chi connectivity index (χ0n) is 20.3. The number of hydrogen-bond acceptors (Lipinski definition) is 7. The molecule has 1 heterocycles. The van der Waals surface area contributed by atoms with Crippen LogP contribution in [-0.4, -0.2) is 33.5 Å². The number of hydrogen-bond donors (Lipinski definition) is 5. The third-order valence-electron chi connectivity index (χ3n) is 5.76. The number of para-hydroxylation sites is 2. The van der Waals surface area contributed by atoms with Crippen LogP contribution in [0.15, 0.2) is 81.2 Å². The normalized spacial score (nSPS) is 17.5. The van der Waals surface area contributed by atoms with Crippen molar-refractivity contribution in [3.63, 3.8) is 0 Å². The monoisotopic (exact) mass is 475 g/mol. The van der Waals surface area contributed by atoms with Gasteiger partial charge in [0.1, 0.15) is 11.5 Å². The zero-order chi connectivity index (χ0) is 25.7. The molecule has 9 nitrogen and oxygen atoms in total. The molecule has 0 saturated heterocycles. The van der Waals surface area contributed by atoms with Gasteiger partial charge in [0.05, 0.1) is 16.8 Å². The van der Waals surface area contributed by atoms with Gasteiger partial charge in [0.2, 0.25) is 0 Å². The third kappa shape index (κ3) is 5.57. The number of carbonyl (C=O) groups is 2. The van der Waals surface area contributed by atoms with Crippen LogP contribution in [0.4, 0.5) is 0 Å². The summed E-state index contributed by atoms with van der Waals surface area (Å²) >= 11 is 0. The fourth-order valence-electron chi connectivity index (χ4n) is 4.19. The number of nitrogens with zero attached hydrogens (tertiary/aromatic N) is 2. The van der Waals surface area contributed by atoms with Crippen LogP contribution >= 0.6 is 0 Å².